The Balaban J connectivity index is 2.22. The van der Waals surface area contributed by atoms with Gasteiger partial charge in [-0.1, -0.05) is 0 Å². The minimum atomic E-state index is -0.780. The van der Waals surface area contributed by atoms with Crippen LogP contribution in [-0.4, -0.2) is 44.1 Å². The molecule has 0 saturated carbocycles. The number of rotatable bonds is 5. The number of nitrogens with zero attached hydrogens (tertiary/aromatic N) is 2. The number of benzene rings is 1. The van der Waals surface area contributed by atoms with E-state index in [4.69, 9.17) is 10.2 Å². The zero-order valence-corrected chi connectivity index (χ0v) is 10.2. The molecule has 0 aliphatic rings. The molecule has 2 rings (SSSR count). The Morgan fingerprint density at radius 2 is 2.17 bits per heavy atom. The molecule has 18 heavy (non-hydrogen) atoms. The summed E-state index contributed by atoms with van der Waals surface area (Å²) in [6, 6.07) is 5.61. The molecular formula is C12H17N3O3. The van der Waals surface area contributed by atoms with Crippen molar-refractivity contribution in [2.75, 3.05) is 18.5 Å². The Morgan fingerprint density at radius 3 is 2.83 bits per heavy atom. The SMILES string of the molecule is Cn1c(CO)nc2cc(NCC(O)CO)ccc21. The zero-order valence-electron chi connectivity index (χ0n) is 10.2. The fourth-order valence-corrected chi connectivity index (χ4v) is 1.80. The fourth-order valence-electron chi connectivity index (χ4n) is 1.80. The molecule has 1 aromatic carbocycles. The summed E-state index contributed by atoms with van der Waals surface area (Å²) in [4.78, 5) is 4.30. The van der Waals surface area contributed by atoms with Crippen molar-refractivity contribution in [3.8, 4) is 0 Å². The van der Waals surface area contributed by atoms with Gasteiger partial charge >= 0.3 is 0 Å². The minimum Gasteiger partial charge on any atom is -0.394 e. The van der Waals surface area contributed by atoms with Gasteiger partial charge in [0.25, 0.3) is 0 Å². The highest BCUT2D eigenvalue weighted by Gasteiger charge is 2.07. The van der Waals surface area contributed by atoms with Crippen LogP contribution in [0.15, 0.2) is 18.2 Å². The first kappa shape index (κ1) is 12.8. The van der Waals surface area contributed by atoms with E-state index in [9.17, 15) is 5.11 Å². The molecule has 1 heterocycles. The van der Waals surface area contributed by atoms with Crippen LogP contribution < -0.4 is 5.32 Å². The molecule has 2 aromatic rings. The van der Waals surface area contributed by atoms with Crippen LogP contribution in [-0.2, 0) is 13.7 Å². The van der Waals surface area contributed by atoms with E-state index in [2.05, 4.69) is 10.3 Å². The van der Waals surface area contributed by atoms with Crippen molar-refractivity contribution >= 4 is 16.7 Å². The second kappa shape index (κ2) is 5.34. The number of aryl methyl sites for hydroxylation is 1. The van der Waals surface area contributed by atoms with Gasteiger partial charge in [0.2, 0.25) is 0 Å². The number of hydrogen-bond acceptors (Lipinski definition) is 5. The highest BCUT2D eigenvalue weighted by atomic mass is 16.3. The van der Waals surface area contributed by atoms with Gasteiger partial charge in [-0.2, -0.15) is 0 Å². The zero-order chi connectivity index (χ0) is 13.1. The summed E-state index contributed by atoms with van der Waals surface area (Å²) in [7, 11) is 1.85. The lowest BCUT2D eigenvalue weighted by Gasteiger charge is -2.10. The molecule has 1 aromatic heterocycles. The van der Waals surface area contributed by atoms with Crippen LogP contribution in [0.25, 0.3) is 11.0 Å². The summed E-state index contributed by atoms with van der Waals surface area (Å²) in [5.74, 6) is 0.609. The lowest BCUT2D eigenvalue weighted by atomic mass is 10.2. The molecule has 0 bridgehead atoms. The van der Waals surface area contributed by atoms with E-state index in [1.165, 1.54) is 0 Å². The molecule has 6 nitrogen and oxygen atoms in total. The molecule has 0 fully saturated rings. The Kier molecular flexibility index (Phi) is 3.81. The summed E-state index contributed by atoms with van der Waals surface area (Å²) in [5, 5.41) is 30.1. The monoisotopic (exact) mass is 251 g/mol. The average molecular weight is 251 g/mol. The Morgan fingerprint density at radius 1 is 1.39 bits per heavy atom. The molecule has 0 spiro atoms. The van der Waals surface area contributed by atoms with Crippen LogP contribution in [0.2, 0.25) is 0 Å². The van der Waals surface area contributed by atoms with Gasteiger partial charge in [-0.15, -0.1) is 0 Å². The number of aromatic nitrogens is 2. The third-order valence-corrected chi connectivity index (χ3v) is 2.87. The van der Waals surface area contributed by atoms with Crippen molar-refractivity contribution in [2.45, 2.75) is 12.7 Å². The second-order valence-corrected chi connectivity index (χ2v) is 4.17. The molecule has 1 unspecified atom stereocenters. The fraction of sp³-hybridized carbons (Fsp3) is 0.417. The summed E-state index contributed by atoms with van der Waals surface area (Å²) >= 11 is 0. The smallest absolute Gasteiger partial charge is 0.135 e. The van der Waals surface area contributed by atoms with Gasteiger partial charge in [0.15, 0.2) is 0 Å². The Bertz CT molecular complexity index is 539. The van der Waals surface area contributed by atoms with E-state index in [1.54, 1.807) is 0 Å². The number of aliphatic hydroxyl groups excluding tert-OH is 3. The number of nitrogens with one attached hydrogen (secondary N) is 1. The molecule has 0 aliphatic heterocycles. The van der Waals surface area contributed by atoms with Crippen molar-refractivity contribution in [2.24, 2.45) is 7.05 Å². The maximum Gasteiger partial charge on any atom is 0.135 e. The summed E-state index contributed by atoms with van der Waals surface area (Å²) < 4.78 is 1.84. The van der Waals surface area contributed by atoms with Crippen molar-refractivity contribution in [3.63, 3.8) is 0 Å². The van der Waals surface area contributed by atoms with Crippen LogP contribution in [0.5, 0.6) is 0 Å². The van der Waals surface area contributed by atoms with E-state index in [1.807, 2.05) is 29.8 Å². The molecule has 0 aliphatic carbocycles. The van der Waals surface area contributed by atoms with E-state index < -0.39 is 6.10 Å². The summed E-state index contributed by atoms with van der Waals surface area (Å²) in [6.45, 7) is -0.0909. The quantitative estimate of drug-likeness (QED) is 0.592. The number of aliphatic hydroxyl groups is 3. The molecule has 6 heteroatoms. The van der Waals surface area contributed by atoms with E-state index in [0.29, 0.717) is 5.82 Å². The standard InChI is InChI=1S/C12H17N3O3/c1-15-11-3-2-8(13-5-9(18)6-16)4-10(11)14-12(15)7-17/h2-4,9,13,16-18H,5-7H2,1H3. The van der Waals surface area contributed by atoms with Crippen molar-refractivity contribution < 1.29 is 15.3 Å². The van der Waals surface area contributed by atoms with Crippen LogP contribution >= 0.6 is 0 Å². The third-order valence-electron chi connectivity index (χ3n) is 2.87. The second-order valence-electron chi connectivity index (χ2n) is 4.17. The van der Waals surface area contributed by atoms with Gasteiger partial charge in [0, 0.05) is 19.3 Å². The number of anilines is 1. The summed E-state index contributed by atoms with van der Waals surface area (Å²) in [6.07, 6.45) is -0.780. The van der Waals surface area contributed by atoms with Crippen molar-refractivity contribution in [1.82, 2.24) is 9.55 Å². The van der Waals surface area contributed by atoms with E-state index in [0.717, 1.165) is 16.7 Å². The molecule has 0 radical (unpaired) electrons. The van der Waals surface area contributed by atoms with Gasteiger partial charge in [-0.3, -0.25) is 0 Å². The van der Waals surface area contributed by atoms with Gasteiger partial charge in [0.1, 0.15) is 12.4 Å². The molecule has 0 amide bonds. The molecule has 98 valence electrons. The molecule has 0 saturated heterocycles. The van der Waals surface area contributed by atoms with Crippen LogP contribution in [0.3, 0.4) is 0 Å². The molecule has 4 N–H and O–H groups in total. The van der Waals surface area contributed by atoms with Crippen LogP contribution in [0.1, 0.15) is 5.82 Å². The van der Waals surface area contributed by atoms with Crippen LogP contribution in [0.4, 0.5) is 5.69 Å². The maximum atomic E-state index is 9.25. The van der Waals surface area contributed by atoms with E-state index in [-0.39, 0.29) is 19.8 Å². The van der Waals surface area contributed by atoms with Crippen LogP contribution in [0, 0.1) is 0 Å². The Hall–Kier alpha value is -1.63. The summed E-state index contributed by atoms with van der Waals surface area (Å²) in [5.41, 5.74) is 2.54. The normalized spacial score (nSPS) is 12.9. The first-order valence-corrected chi connectivity index (χ1v) is 5.74. The van der Waals surface area contributed by atoms with E-state index >= 15 is 0 Å². The number of hydrogen-bond donors (Lipinski definition) is 4. The third kappa shape index (κ3) is 2.45. The minimum absolute atomic E-state index is 0.100. The number of fused-ring (bicyclic) bond motifs is 1. The number of imidazole rings is 1. The Labute approximate surface area is 105 Å². The largest absolute Gasteiger partial charge is 0.394 e. The maximum absolute atomic E-state index is 9.25. The average Bonchev–Trinajstić information content (AvgIpc) is 2.72. The van der Waals surface area contributed by atoms with Gasteiger partial charge in [-0.05, 0) is 18.2 Å². The molecular weight excluding hydrogens is 234 g/mol. The van der Waals surface area contributed by atoms with Gasteiger partial charge < -0.3 is 25.2 Å². The lowest BCUT2D eigenvalue weighted by Crippen LogP contribution is -2.22. The predicted octanol–water partition coefficient (Wildman–Crippen LogP) is -0.169. The van der Waals surface area contributed by atoms with Crippen molar-refractivity contribution in [1.29, 1.82) is 0 Å². The molecule has 1 atom stereocenters. The topological polar surface area (TPSA) is 90.5 Å². The van der Waals surface area contributed by atoms with Gasteiger partial charge in [-0.25, -0.2) is 4.98 Å². The first-order valence-electron chi connectivity index (χ1n) is 5.74. The highest BCUT2D eigenvalue weighted by molar-refractivity contribution is 5.80. The highest BCUT2D eigenvalue weighted by Crippen LogP contribution is 2.19. The van der Waals surface area contributed by atoms with Gasteiger partial charge in [0.05, 0.1) is 23.7 Å². The lowest BCUT2D eigenvalue weighted by molar-refractivity contribution is 0.105. The first-order chi connectivity index (χ1) is 8.65. The predicted molar refractivity (Wildman–Crippen MR) is 68.2 cm³/mol. The van der Waals surface area contributed by atoms with Crippen molar-refractivity contribution in [3.05, 3.63) is 24.0 Å².